The van der Waals surface area contributed by atoms with Crippen molar-refractivity contribution in [2.75, 3.05) is 13.1 Å². The van der Waals surface area contributed by atoms with Crippen LogP contribution in [0.1, 0.15) is 44.0 Å². The molecule has 3 aromatic rings. The van der Waals surface area contributed by atoms with Gasteiger partial charge >= 0.3 is 6.09 Å². The van der Waals surface area contributed by atoms with Gasteiger partial charge in [-0.3, -0.25) is 4.68 Å². The van der Waals surface area contributed by atoms with Gasteiger partial charge in [0.05, 0.1) is 24.0 Å². The molecule has 32 heavy (non-hydrogen) atoms. The third-order valence-corrected chi connectivity index (χ3v) is 5.38. The molecule has 9 nitrogen and oxygen atoms in total. The van der Waals surface area contributed by atoms with Crippen LogP contribution in [-0.4, -0.2) is 49.7 Å². The maximum Gasteiger partial charge on any atom is 0.410 e. The van der Waals surface area contributed by atoms with E-state index < -0.39 is 0 Å². The second-order valence-electron chi connectivity index (χ2n) is 7.96. The van der Waals surface area contributed by atoms with Crippen molar-refractivity contribution in [2.45, 2.75) is 45.4 Å². The largest absolute Gasteiger partial charge is 0.489 e. The predicted molar refractivity (Wildman–Crippen MR) is 116 cm³/mol. The molecule has 1 saturated heterocycles. The normalized spacial score (nSPS) is 14.4. The second-order valence-corrected chi connectivity index (χ2v) is 7.96. The predicted octanol–water partition coefficient (Wildman–Crippen LogP) is 3.70. The van der Waals surface area contributed by atoms with Gasteiger partial charge in [0, 0.05) is 31.0 Å². The number of benzene rings is 1. The molecule has 0 unspecified atom stereocenters. The first kappa shape index (κ1) is 21.4. The number of carbonyl (C=O) groups is 1. The van der Waals surface area contributed by atoms with Crippen LogP contribution in [0, 0.1) is 11.3 Å². The number of amides is 1. The molecule has 166 valence electrons. The fourth-order valence-corrected chi connectivity index (χ4v) is 3.75. The Kier molecular flexibility index (Phi) is 6.40. The molecule has 1 aliphatic rings. The number of hydrogen-bond donors (Lipinski definition) is 0. The monoisotopic (exact) mass is 434 g/mol. The topological polar surface area (TPSA) is 98.2 Å². The molecule has 0 aliphatic carbocycles. The van der Waals surface area contributed by atoms with Crippen molar-refractivity contribution in [3.05, 3.63) is 60.2 Å². The zero-order valence-corrected chi connectivity index (χ0v) is 18.2. The van der Waals surface area contributed by atoms with Crippen LogP contribution in [0.15, 0.2) is 48.9 Å². The summed E-state index contributed by atoms with van der Waals surface area (Å²) in [6.07, 6.45) is 6.31. The van der Waals surface area contributed by atoms with Gasteiger partial charge in [-0.2, -0.15) is 15.5 Å². The van der Waals surface area contributed by atoms with Crippen LogP contribution < -0.4 is 4.74 Å². The summed E-state index contributed by atoms with van der Waals surface area (Å²) in [4.78, 5) is 13.8. The first-order valence-corrected chi connectivity index (χ1v) is 10.7. The highest BCUT2D eigenvalue weighted by Crippen LogP contribution is 2.26. The Bertz CT molecular complexity index is 1070. The summed E-state index contributed by atoms with van der Waals surface area (Å²) in [5.41, 5.74) is 2.18. The number of nitrogens with zero attached hydrogens (tertiary/aromatic N) is 6. The second kappa shape index (κ2) is 9.56. The fourth-order valence-electron chi connectivity index (χ4n) is 3.75. The minimum absolute atomic E-state index is 0.0647. The van der Waals surface area contributed by atoms with E-state index in [0.717, 1.165) is 24.1 Å². The summed E-state index contributed by atoms with van der Waals surface area (Å²) in [7, 11) is 0. The van der Waals surface area contributed by atoms with Gasteiger partial charge < -0.3 is 14.4 Å². The molecule has 1 aliphatic heterocycles. The molecule has 0 atom stereocenters. The van der Waals surface area contributed by atoms with Crippen LogP contribution in [0.25, 0.3) is 5.69 Å². The minimum atomic E-state index is -0.285. The van der Waals surface area contributed by atoms with Crippen LogP contribution in [0.2, 0.25) is 0 Å². The lowest BCUT2D eigenvalue weighted by molar-refractivity contribution is 0.0652. The first-order valence-electron chi connectivity index (χ1n) is 10.7. The van der Waals surface area contributed by atoms with E-state index in [4.69, 9.17) is 9.47 Å². The smallest absolute Gasteiger partial charge is 0.410 e. The van der Waals surface area contributed by atoms with E-state index in [1.54, 1.807) is 26.7 Å². The Labute approximate surface area is 186 Å². The van der Waals surface area contributed by atoms with E-state index >= 15 is 0 Å². The maximum absolute atomic E-state index is 12.1. The van der Waals surface area contributed by atoms with Crippen LogP contribution >= 0.6 is 0 Å². The first-order chi connectivity index (χ1) is 15.5. The lowest BCUT2D eigenvalue weighted by Crippen LogP contribution is -2.40. The number of rotatable bonds is 6. The average molecular weight is 435 g/mol. The summed E-state index contributed by atoms with van der Waals surface area (Å²) < 4.78 is 14.7. The van der Waals surface area contributed by atoms with Gasteiger partial charge in [-0.1, -0.05) is 0 Å². The third kappa shape index (κ3) is 4.75. The highest BCUT2D eigenvalue weighted by atomic mass is 16.6. The third-order valence-electron chi connectivity index (χ3n) is 5.38. The summed E-state index contributed by atoms with van der Waals surface area (Å²) in [6, 6.07) is 11.8. The van der Waals surface area contributed by atoms with Crippen molar-refractivity contribution in [2.24, 2.45) is 0 Å². The fraction of sp³-hybridized carbons (Fsp3) is 0.391. The van der Waals surface area contributed by atoms with Crippen molar-refractivity contribution in [1.29, 1.82) is 5.26 Å². The standard InChI is InChI=1S/C23H26N6O3/c1-17(2)32-23(30)27-12-8-20(9-13-27)29-22(14-24)18(15-26-29)16-31-21-6-4-19(5-7-21)28-11-3-10-25-28/h3-7,10-11,15,17,20H,8-9,12-13,16H2,1-2H3. The summed E-state index contributed by atoms with van der Waals surface area (Å²) >= 11 is 0. The van der Waals surface area contributed by atoms with Crippen LogP contribution in [0.4, 0.5) is 4.79 Å². The molecule has 0 saturated carbocycles. The van der Waals surface area contributed by atoms with Crippen LogP contribution in [0.5, 0.6) is 5.75 Å². The van der Waals surface area contributed by atoms with Crippen LogP contribution in [-0.2, 0) is 11.3 Å². The highest BCUT2D eigenvalue weighted by molar-refractivity contribution is 5.67. The molecule has 4 rings (SSSR count). The molecule has 0 radical (unpaired) electrons. The molecule has 1 aromatic carbocycles. The van der Waals surface area contributed by atoms with E-state index in [-0.39, 0.29) is 24.8 Å². The molecule has 0 bridgehead atoms. The van der Waals surface area contributed by atoms with Gasteiger partial charge in [0.1, 0.15) is 24.1 Å². The molecule has 1 fully saturated rings. The minimum Gasteiger partial charge on any atom is -0.489 e. The van der Waals surface area contributed by atoms with Gasteiger partial charge in [0.15, 0.2) is 0 Å². The number of ether oxygens (including phenoxy) is 2. The quantitative estimate of drug-likeness (QED) is 0.587. The highest BCUT2D eigenvalue weighted by Gasteiger charge is 2.27. The zero-order chi connectivity index (χ0) is 22.5. The van der Waals surface area contributed by atoms with E-state index in [1.807, 2.05) is 50.4 Å². The lowest BCUT2D eigenvalue weighted by atomic mass is 10.1. The van der Waals surface area contributed by atoms with Crippen molar-refractivity contribution in [3.63, 3.8) is 0 Å². The Morgan fingerprint density at radius 1 is 1.22 bits per heavy atom. The van der Waals surface area contributed by atoms with Gasteiger partial charge in [-0.25, -0.2) is 9.48 Å². The molecule has 2 aromatic heterocycles. The summed E-state index contributed by atoms with van der Waals surface area (Å²) in [6.45, 7) is 5.09. The average Bonchev–Trinajstić information content (AvgIpc) is 3.48. The van der Waals surface area contributed by atoms with E-state index in [0.29, 0.717) is 24.5 Å². The Morgan fingerprint density at radius 2 is 1.97 bits per heavy atom. The van der Waals surface area contributed by atoms with Gasteiger partial charge in [0.2, 0.25) is 0 Å². The number of aromatic nitrogens is 4. The summed E-state index contributed by atoms with van der Waals surface area (Å²) in [5.74, 6) is 0.703. The SMILES string of the molecule is CC(C)OC(=O)N1CCC(n2ncc(COc3ccc(-n4cccn4)cc3)c2C#N)CC1. The molecular formula is C23H26N6O3. The van der Waals surface area contributed by atoms with Crippen molar-refractivity contribution in [1.82, 2.24) is 24.5 Å². The number of hydrogen-bond acceptors (Lipinski definition) is 6. The molecule has 3 heterocycles. The maximum atomic E-state index is 12.1. The number of carbonyl (C=O) groups excluding carboxylic acids is 1. The molecule has 0 N–H and O–H groups in total. The number of nitriles is 1. The lowest BCUT2D eigenvalue weighted by Gasteiger charge is -2.32. The molecule has 1 amide bonds. The Morgan fingerprint density at radius 3 is 2.59 bits per heavy atom. The van der Waals surface area contributed by atoms with Gasteiger partial charge in [-0.05, 0) is 57.0 Å². The van der Waals surface area contributed by atoms with E-state index in [9.17, 15) is 10.1 Å². The number of likely N-dealkylation sites (tertiary alicyclic amines) is 1. The Hall–Kier alpha value is -3.80. The van der Waals surface area contributed by atoms with Crippen molar-refractivity contribution >= 4 is 6.09 Å². The van der Waals surface area contributed by atoms with Crippen molar-refractivity contribution < 1.29 is 14.3 Å². The summed E-state index contributed by atoms with van der Waals surface area (Å²) in [5, 5.41) is 18.4. The number of piperidine rings is 1. The van der Waals surface area contributed by atoms with E-state index in [2.05, 4.69) is 16.3 Å². The van der Waals surface area contributed by atoms with Gasteiger partial charge in [-0.15, -0.1) is 0 Å². The van der Waals surface area contributed by atoms with E-state index in [1.165, 1.54) is 0 Å². The Balaban J connectivity index is 1.36. The van der Waals surface area contributed by atoms with Crippen LogP contribution in [0.3, 0.4) is 0 Å². The van der Waals surface area contributed by atoms with Crippen molar-refractivity contribution in [3.8, 4) is 17.5 Å². The van der Waals surface area contributed by atoms with Gasteiger partial charge in [0.25, 0.3) is 0 Å². The molecule has 0 spiro atoms. The molecule has 9 heteroatoms. The zero-order valence-electron chi connectivity index (χ0n) is 18.2. The molecular weight excluding hydrogens is 408 g/mol.